The predicted octanol–water partition coefficient (Wildman–Crippen LogP) is 2.48. The molecule has 1 amide bonds. The van der Waals surface area contributed by atoms with Gasteiger partial charge < -0.3 is 4.74 Å². The Morgan fingerprint density at radius 3 is 2.47 bits per heavy atom. The minimum Gasteiger partial charge on any atom is -0.381 e. The topological polar surface area (TPSA) is 29.5 Å². The largest absolute Gasteiger partial charge is 0.521 e. The number of carbonyl (C=O) groups excluding carboxylic acids is 1. The van der Waals surface area contributed by atoms with Gasteiger partial charge in [-0.1, -0.05) is 15.9 Å². The number of halogens is 1. The third-order valence-corrected chi connectivity index (χ3v) is 4.68. The molecule has 3 heterocycles. The number of nitrogens with zero attached hydrogens (tertiary/aromatic N) is 2. The van der Waals surface area contributed by atoms with Gasteiger partial charge in [-0.05, 0) is 24.3 Å². The molecular weight excluding hydrogens is 308 g/mol. The van der Waals surface area contributed by atoms with E-state index in [9.17, 15) is 4.79 Å². The molecular formula is C14H18BrN2O2+. The first kappa shape index (κ1) is 13.1. The van der Waals surface area contributed by atoms with Crippen molar-refractivity contribution in [2.75, 3.05) is 39.3 Å². The minimum absolute atomic E-state index is 0.0936. The van der Waals surface area contributed by atoms with Gasteiger partial charge in [-0.15, -0.1) is 0 Å². The second-order valence-corrected chi connectivity index (χ2v) is 6.25. The Hall–Kier alpha value is -0.910. The fourth-order valence-corrected chi connectivity index (χ4v) is 3.17. The van der Waals surface area contributed by atoms with E-state index in [1.54, 1.807) is 0 Å². The van der Waals surface area contributed by atoms with Gasteiger partial charge in [0.2, 0.25) is 0 Å². The van der Waals surface area contributed by atoms with Crippen LogP contribution in [0.15, 0.2) is 28.7 Å². The highest BCUT2D eigenvalue weighted by molar-refractivity contribution is 9.10. The van der Waals surface area contributed by atoms with E-state index in [2.05, 4.69) is 20.8 Å². The molecule has 0 aliphatic carbocycles. The van der Waals surface area contributed by atoms with Crippen LogP contribution in [0.2, 0.25) is 0 Å². The van der Waals surface area contributed by atoms with Crippen molar-refractivity contribution in [3.05, 3.63) is 28.7 Å². The zero-order valence-electron chi connectivity index (χ0n) is 10.8. The van der Waals surface area contributed by atoms with Crippen molar-refractivity contribution in [3.8, 4) is 5.75 Å². The monoisotopic (exact) mass is 325 g/mol. The average Bonchev–Trinajstić information content (AvgIpc) is 2.76. The average molecular weight is 326 g/mol. The highest BCUT2D eigenvalue weighted by Crippen LogP contribution is 2.23. The summed E-state index contributed by atoms with van der Waals surface area (Å²) in [6.45, 7) is 5.81. The van der Waals surface area contributed by atoms with Gasteiger partial charge in [-0.3, -0.25) is 4.90 Å². The summed E-state index contributed by atoms with van der Waals surface area (Å²) in [6, 6.07) is 7.44. The lowest BCUT2D eigenvalue weighted by Gasteiger charge is -2.37. The number of benzene rings is 1. The van der Waals surface area contributed by atoms with Crippen LogP contribution in [0.3, 0.4) is 0 Å². The van der Waals surface area contributed by atoms with Gasteiger partial charge in [-0.2, -0.15) is 4.79 Å². The van der Waals surface area contributed by atoms with Gasteiger partial charge in [0.15, 0.2) is 0 Å². The smallest absolute Gasteiger partial charge is 0.381 e. The lowest BCUT2D eigenvalue weighted by atomic mass is 10.3. The number of quaternary nitrogens is 1. The normalized spacial score (nSPS) is 29.8. The van der Waals surface area contributed by atoms with Gasteiger partial charge in [0.25, 0.3) is 0 Å². The minimum atomic E-state index is -0.0936. The van der Waals surface area contributed by atoms with Crippen molar-refractivity contribution in [2.24, 2.45) is 0 Å². The molecule has 102 valence electrons. The van der Waals surface area contributed by atoms with E-state index >= 15 is 0 Å². The molecule has 0 unspecified atom stereocenters. The first-order valence-electron chi connectivity index (χ1n) is 6.74. The number of carbonyl (C=O) groups is 1. The number of ether oxygens (including phenoxy) is 1. The molecule has 3 aliphatic heterocycles. The molecule has 3 saturated heterocycles. The summed E-state index contributed by atoms with van der Waals surface area (Å²) in [5.74, 6) is 0.632. The van der Waals surface area contributed by atoms with Gasteiger partial charge in [0, 0.05) is 30.5 Å². The van der Waals surface area contributed by atoms with Crippen LogP contribution in [-0.2, 0) is 0 Å². The molecule has 2 bridgehead atoms. The number of fused-ring (bicyclic) bond motifs is 4. The van der Waals surface area contributed by atoms with Crippen LogP contribution in [0, 0.1) is 0 Å². The van der Waals surface area contributed by atoms with Gasteiger partial charge in [0.1, 0.15) is 18.8 Å². The van der Waals surface area contributed by atoms with Crippen molar-refractivity contribution < 1.29 is 14.0 Å². The van der Waals surface area contributed by atoms with Gasteiger partial charge >= 0.3 is 6.09 Å². The highest BCUT2D eigenvalue weighted by atomic mass is 79.9. The maximum absolute atomic E-state index is 12.5. The summed E-state index contributed by atoms with van der Waals surface area (Å²) >= 11 is 3.38. The zero-order chi connectivity index (χ0) is 13.3. The molecule has 5 heteroatoms. The van der Waals surface area contributed by atoms with E-state index in [1.807, 2.05) is 24.3 Å². The molecule has 3 fully saturated rings. The molecule has 1 aromatic carbocycles. The SMILES string of the molecule is O=C(Oc1ccc(Br)cc1)[N+]12CCCN(CC1)CC2. The Morgan fingerprint density at radius 2 is 1.79 bits per heavy atom. The Morgan fingerprint density at radius 1 is 1.11 bits per heavy atom. The third kappa shape index (κ3) is 2.68. The summed E-state index contributed by atoms with van der Waals surface area (Å²) < 4.78 is 7.06. The van der Waals surface area contributed by atoms with Crippen LogP contribution < -0.4 is 4.74 Å². The fraction of sp³-hybridized carbons (Fsp3) is 0.500. The van der Waals surface area contributed by atoms with Gasteiger partial charge in [-0.25, -0.2) is 4.48 Å². The molecule has 0 radical (unpaired) electrons. The third-order valence-electron chi connectivity index (χ3n) is 4.16. The fourth-order valence-electron chi connectivity index (χ4n) is 2.91. The van der Waals surface area contributed by atoms with Crippen LogP contribution in [0.1, 0.15) is 6.42 Å². The van der Waals surface area contributed by atoms with Gasteiger partial charge in [0.05, 0.1) is 6.54 Å². The number of hydrogen-bond donors (Lipinski definition) is 0. The predicted molar refractivity (Wildman–Crippen MR) is 76.1 cm³/mol. The summed E-state index contributed by atoms with van der Waals surface area (Å²) in [7, 11) is 0. The summed E-state index contributed by atoms with van der Waals surface area (Å²) in [5, 5.41) is 0. The molecule has 4 rings (SSSR count). The second-order valence-electron chi connectivity index (χ2n) is 5.33. The zero-order valence-corrected chi connectivity index (χ0v) is 12.4. The van der Waals surface area contributed by atoms with Crippen molar-refractivity contribution in [1.29, 1.82) is 0 Å². The van der Waals surface area contributed by atoms with E-state index in [4.69, 9.17) is 4.74 Å². The number of rotatable bonds is 1. The molecule has 0 saturated carbocycles. The maximum Gasteiger partial charge on any atom is 0.521 e. The molecule has 0 N–H and O–H groups in total. The lowest BCUT2D eigenvalue weighted by Crippen LogP contribution is -2.61. The van der Waals surface area contributed by atoms with Crippen LogP contribution in [0.25, 0.3) is 0 Å². The summed E-state index contributed by atoms with van der Waals surface area (Å²) in [6.07, 6.45) is 0.985. The van der Waals surface area contributed by atoms with E-state index in [-0.39, 0.29) is 6.09 Å². The quantitative estimate of drug-likeness (QED) is 0.743. The van der Waals surface area contributed by atoms with Crippen LogP contribution in [0.5, 0.6) is 5.75 Å². The van der Waals surface area contributed by atoms with Crippen molar-refractivity contribution in [3.63, 3.8) is 0 Å². The molecule has 4 nitrogen and oxygen atoms in total. The lowest BCUT2D eigenvalue weighted by molar-refractivity contribution is -0.857. The second kappa shape index (κ2) is 5.23. The Labute approximate surface area is 121 Å². The Bertz CT molecular complexity index is 461. The van der Waals surface area contributed by atoms with Crippen molar-refractivity contribution in [2.45, 2.75) is 6.42 Å². The van der Waals surface area contributed by atoms with Crippen molar-refractivity contribution >= 4 is 22.0 Å². The van der Waals surface area contributed by atoms with E-state index in [0.717, 1.165) is 50.2 Å². The molecule has 1 aromatic rings. The molecule has 0 aromatic heterocycles. The number of piperazine rings is 1. The highest BCUT2D eigenvalue weighted by Gasteiger charge is 2.44. The number of amides is 1. The van der Waals surface area contributed by atoms with Crippen molar-refractivity contribution in [1.82, 2.24) is 4.90 Å². The molecule has 19 heavy (non-hydrogen) atoms. The maximum atomic E-state index is 12.5. The molecule has 3 aliphatic rings. The standard InChI is InChI=1S/C14H18BrN2O2/c15-12-2-4-13(5-3-12)19-14(18)17-9-1-6-16(7-10-17)8-11-17/h2-5H,1,6-11H2/q+1. The van der Waals surface area contributed by atoms with E-state index < -0.39 is 0 Å². The van der Waals surface area contributed by atoms with Crippen LogP contribution in [0.4, 0.5) is 4.79 Å². The number of hydrogen-bond acceptors (Lipinski definition) is 3. The summed E-state index contributed by atoms with van der Waals surface area (Å²) in [4.78, 5) is 14.9. The first-order valence-corrected chi connectivity index (χ1v) is 7.54. The first-order chi connectivity index (χ1) is 9.18. The molecule has 0 atom stereocenters. The Balaban J connectivity index is 1.74. The Kier molecular flexibility index (Phi) is 3.60. The van der Waals surface area contributed by atoms with E-state index in [1.165, 1.54) is 0 Å². The molecule has 0 spiro atoms. The summed E-state index contributed by atoms with van der Waals surface area (Å²) in [5.41, 5.74) is 0. The van der Waals surface area contributed by atoms with Crippen LogP contribution >= 0.6 is 15.9 Å². The van der Waals surface area contributed by atoms with Crippen LogP contribution in [-0.4, -0.2) is 54.7 Å². The van der Waals surface area contributed by atoms with E-state index in [0.29, 0.717) is 10.2 Å².